The van der Waals surface area contributed by atoms with E-state index in [0.29, 0.717) is 39.4 Å². The molecule has 1 aromatic carbocycles. The fraction of sp³-hybridized carbons (Fsp3) is 0.455. The maximum atomic E-state index is 11.6. The average Bonchev–Trinajstić information content (AvgIpc) is 3.17. The average molecular weight is 491 g/mol. The summed E-state index contributed by atoms with van der Waals surface area (Å²) < 4.78 is 13.0. The Balaban J connectivity index is 1.62. The van der Waals surface area contributed by atoms with Gasteiger partial charge in [-0.25, -0.2) is 15.0 Å². The SMILES string of the molecule is COc1cc(Sc2nc3c(N)ncnc3n2CCC2CCN(C(C)=O)CC2)c(OC)cc1Cl. The van der Waals surface area contributed by atoms with Crippen LogP contribution >= 0.6 is 23.4 Å². The molecular formula is C22H27ClN6O3S. The molecule has 9 nitrogen and oxygen atoms in total. The predicted molar refractivity (Wildman–Crippen MR) is 128 cm³/mol. The van der Waals surface area contributed by atoms with Crippen LogP contribution in [0.2, 0.25) is 5.02 Å². The topological polar surface area (TPSA) is 108 Å². The van der Waals surface area contributed by atoms with Crippen LogP contribution in [0.25, 0.3) is 11.2 Å². The maximum absolute atomic E-state index is 11.6. The van der Waals surface area contributed by atoms with E-state index in [2.05, 4.69) is 14.5 Å². The number of hydrogen-bond acceptors (Lipinski definition) is 8. The Morgan fingerprint density at radius 1 is 1.21 bits per heavy atom. The van der Waals surface area contributed by atoms with Gasteiger partial charge >= 0.3 is 0 Å². The van der Waals surface area contributed by atoms with Crippen LogP contribution in [0.5, 0.6) is 11.5 Å². The number of aromatic nitrogens is 4. The van der Waals surface area contributed by atoms with Crippen molar-refractivity contribution in [1.82, 2.24) is 24.4 Å². The zero-order valence-electron chi connectivity index (χ0n) is 18.9. The van der Waals surface area contributed by atoms with Crippen LogP contribution in [-0.4, -0.2) is 57.6 Å². The summed E-state index contributed by atoms with van der Waals surface area (Å²) in [5.41, 5.74) is 7.38. The van der Waals surface area contributed by atoms with E-state index < -0.39 is 0 Å². The van der Waals surface area contributed by atoms with Gasteiger partial charge in [0.1, 0.15) is 17.8 Å². The predicted octanol–water partition coefficient (Wildman–Crippen LogP) is 3.88. The van der Waals surface area contributed by atoms with Gasteiger partial charge in [0.25, 0.3) is 0 Å². The molecule has 0 saturated carbocycles. The summed E-state index contributed by atoms with van der Waals surface area (Å²) in [5.74, 6) is 2.20. The lowest BCUT2D eigenvalue weighted by atomic mass is 9.93. The van der Waals surface area contributed by atoms with E-state index in [4.69, 9.17) is 31.8 Å². The molecule has 0 radical (unpaired) electrons. The molecule has 0 aliphatic carbocycles. The number of piperidine rings is 1. The summed E-state index contributed by atoms with van der Waals surface area (Å²) in [6, 6.07) is 3.56. The Hall–Kier alpha value is -2.72. The number of ether oxygens (including phenoxy) is 2. The van der Waals surface area contributed by atoms with Crippen molar-refractivity contribution in [3.63, 3.8) is 0 Å². The van der Waals surface area contributed by atoms with Gasteiger partial charge in [0.15, 0.2) is 22.1 Å². The number of anilines is 1. The Morgan fingerprint density at radius 2 is 1.94 bits per heavy atom. The first kappa shape index (κ1) is 23.4. The third kappa shape index (κ3) is 4.96. The quantitative estimate of drug-likeness (QED) is 0.531. The zero-order valence-corrected chi connectivity index (χ0v) is 20.4. The van der Waals surface area contributed by atoms with Crippen molar-refractivity contribution < 1.29 is 14.3 Å². The first-order chi connectivity index (χ1) is 15.9. The minimum absolute atomic E-state index is 0.146. The highest BCUT2D eigenvalue weighted by molar-refractivity contribution is 7.99. The second-order valence-electron chi connectivity index (χ2n) is 7.95. The largest absolute Gasteiger partial charge is 0.496 e. The number of carbonyl (C=O) groups excluding carboxylic acids is 1. The van der Waals surface area contributed by atoms with Gasteiger partial charge in [-0.3, -0.25) is 4.79 Å². The number of halogens is 1. The van der Waals surface area contributed by atoms with Crippen LogP contribution in [0, 0.1) is 5.92 Å². The summed E-state index contributed by atoms with van der Waals surface area (Å²) in [5, 5.41) is 1.21. The molecule has 2 N–H and O–H groups in total. The van der Waals surface area contributed by atoms with Crippen molar-refractivity contribution in [2.45, 2.75) is 42.8 Å². The summed E-state index contributed by atoms with van der Waals surface area (Å²) in [6.45, 7) is 3.98. The summed E-state index contributed by atoms with van der Waals surface area (Å²) in [6.07, 6.45) is 4.40. The second kappa shape index (κ2) is 10.0. The van der Waals surface area contributed by atoms with Crippen molar-refractivity contribution in [2.75, 3.05) is 33.0 Å². The first-order valence-electron chi connectivity index (χ1n) is 10.7. The van der Waals surface area contributed by atoms with Gasteiger partial charge in [-0.1, -0.05) is 11.6 Å². The molecule has 11 heteroatoms. The summed E-state index contributed by atoms with van der Waals surface area (Å²) in [4.78, 5) is 27.7. The number of imidazole rings is 1. The minimum Gasteiger partial charge on any atom is -0.496 e. The number of methoxy groups -OCH3 is 2. The minimum atomic E-state index is 0.146. The number of amides is 1. The lowest BCUT2D eigenvalue weighted by molar-refractivity contribution is -0.130. The molecule has 1 saturated heterocycles. The molecule has 33 heavy (non-hydrogen) atoms. The number of nitrogens with two attached hydrogens (primary N) is 1. The Kier molecular flexibility index (Phi) is 7.14. The van der Waals surface area contributed by atoms with E-state index in [9.17, 15) is 4.79 Å². The number of rotatable bonds is 7. The molecule has 3 heterocycles. The number of benzene rings is 1. The molecule has 4 rings (SSSR count). The van der Waals surface area contributed by atoms with E-state index in [1.54, 1.807) is 27.2 Å². The molecule has 1 aliphatic heterocycles. The highest BCUT2D eigenvalue weighted by Gasteiger charge is 2.23. The molecule has 1 aliphatic rings. The zero-order chi connectivity index (χ0) is 23.5. The van der Waals surface area contributed by atoms with Gasteiger partial charge < -0.3 is 24.7 Å². The van der Waals surface area contributed by atoms with Gasteiger partial charge in [0, 0.05) is 32.6 Å². The van der Waals surface area contributed by atoms with E-state index in [0.717, 1.165) is 48.9 Å². The van der Waals surface area contributed by atoms with E-state index >= 15 is 0 Å². The van der Waals surface area contributed by atoms with Crippen molar-refractivity contribution in [1.29, 1.82) is 0 Å². The third-order valence-electron chi connectivity index (χ3n) is 5.99. The molecule has 1 amide bonds. The second-order valence-corrected chi connectivity index (χ2v) is 9.37. The van der Waals surface area contributed by atoms with Gasteiger partial charge in [-0.2, -0.15) is 0 Å². The molecule has 3 aromatic rings. The lowest BCUT2D eigenvalue weighted by Crippen LogP contribution is -2.37. The molecule has 1 fully saturated rings. The number of likely N-dealkylation sites (tertiary alicyclic amines) is 1. The molecule has 2 aromatic heterocycles. The summed E-state index contributed by atoms with van der Waals surface area (Å²) >= 11 is 7.71. The summed E-state index contributed by atoms with van der Waals surface area (Å²) in [7, 11) is 3.17. The molecule has 176 valence electrons. The van der Waals surface area contributed by atoms with Gasteiger partial charge in [0.05, 0.1) is 24.1 Å². The van der Waals surface area contributed by atoms with E-state index in [1.807, 2.05) is 11.0 Å². The third-order valence-corrected chi connectivity index (χ3v) is 7.31. The van der Waals surface area contributed by atoms with Crippen molar-refractivity contribution in [3.05, 3.63) is 23.5 Å². The maximum Gasteiger partial charge on any atom is 0.219 e. The number of hydrogen-bond donors (Lipinski definition) is 1. The van der Waals surface area contributed by atoms with Crippen LogP contribution in [0.1, 0.15) is 26.2 Å². The highest BCUT2D eigenvalue weighted by atomic mass is 35.5. The van der Waals surface area contributed by atoms with E-state index in [-0.39, 0.29) is 5.91 Å². The Morgan fingerprint density at radius 3 is 2.61 bits per heavy atom. The van der Waals surface area contributed by atoms with E-state index in [1.165, 1.54) is 18.1 Å². The lowest BCUT2D eigenvalue weighted by Gasteiger charge is -2.31. The molecule has 0 bridgehead atoms. The van der Waals surface area contributed by atoms with Crippen molar-refractivity contribution in [3.8, 4) is 11.5 Å². The Bertz CT molecular complexity index is 1160. The fourth-order valence-corrected chi connectivity index (χ4v) is 5.33. The molecule has 0 spiro atoms. The molecule has 0 atom stereocenters. The van der Waals surface area contributed by atoms with Gasteiger partial charge in [-0.15, -0.1) is 0 Å². The van der Waals surface area contributed by atoms with Gasteiger partial charge in [0.2, 0.25) is 5.91 Å². The Labute approximate surface area is 201 Å². The number of fused-ring (bicyclic) bond motifs is 1. The molecule has 0 unspecified atom stereocenters. The first-order valence-corrected chi connectivity index (χ1v) is 11.9. The smallest absolute Gasteiger partial charge is 0.219 e. The standard InChI is InChI=1S/C22H27ClN6O3S/c1-13(30)28-7-4-14(5-8-28)6-9-29-21-19(20(24)25-12-26-21)27-22(29)33-18-11-16(31-2)15(23)10-17(18)32-3/h10-12,14H,4-9H2,1-3H3,(H2,24,25,26). The van der Waals surface area contributed by atoms with Crippen LogP contribution in [0.4, 0.5) is 5.82 Å². The van der Waals surface area contributed by atoms with Gasteiger partial charge in [-0.05, 0) is 43.0 Å². The number of nitrogen functional groups attached to an aromatic ring is 1. The number of nitrogens with zero attached hydrogens (tertiary/aromatic N) is 5. The number of aryl methyl sites for hydroxylation is 1. The van der Waals surface area contributed by atoms with Crippen LogP contribution in [0.15, 0.2) is 28.5 Å². The highest BCUT2D eigenvalue weighted by Crippen LogP contribution is 2.41. The monoisotopic (exact) mass is 490 g/mol. The number of carbonyl (C=O) groups is 1. The van der Waals surface area contributed by atoms with Crippen LogP contribution in [-0.2, 0) is 11.3 Å². The van der Waals surface area contributed by atoms with Crippen LogP contribution in [0.3, 0.4) is 0 Å². The fourth-order valence-electron chi connectivity index (χ4n) is 4.07. The molecular weight excluding hydrogens is 464 g/mol. The van der Waals surface area contributed by atoms with Crippen molar-refractivity contribution >= 4 is 46.3 Å². The van der Waals surface area contributed by atoms with Crippen LogP contribution < -0.4 is 15.2 Å². The normalized spacial score (nSPS) is 14.6. The van der Waals surface area contributed by atoms with Crippen molar-refractivity contribution in [2.24, 2.45) is 5.92 Å².